The largest absolute Gasteiger partial charge is 0.316 e. The molecular formula is C8H15NO. The molecule has 0 amide bonds. The molecule has 1 saturated heterocycles. The van der Waals surface area contributed by atoms with Crippen LogP contribution in [-0.4, -0.2) is 19.4 Å². The zero-order valence-electron chi connectivity index (χ0n) is 6.63. The molecule has 1 aliphatic rings. The third-order valence-corrected chi connectivity index (χ3v) is 2.34. The maximum absolute atomic E-state index is 10.5. The summed E-state index contributed by atoms with van der Waals surface area (Å²) >= 11 is 0. The summed E-state index contributed by atoms with van der Waals surface area (Å²) in [5.74, 6) is 1.46. The van der Waals surface area contributed by atoms with Crippen molar-refractivity contribution in [2.24, 2.45) is 17.8 Å². The lowest BCUT2D eigenvalue weighted by Gasteiger charge is -2.16. The van der Waals surface area contributed by atoms with Gasteiger partial charge in [-0.15, -0.1) is 0 Å². The maximum Gasteiger partial charge on any atom is 0.124 e. The van der Waals surface area contributed by atoms with Crippen LogP contribution in [-0.2, 0) is 4.79 Å². The van der Waals surface area contributed by atoms with Gasteiger partial charge in [0, 0.05) is 12.5 Å². The standard InChI is InChI=1S/C8H15NO/c1-6(2)8-4-9-3-7(8)5-10/h5-9H,3-4H2,1-2H3. The van der Waals surface area contributed by atoms with E-state index in [1.165, 1.54) is 0 Å². The van der Waals surface area contributed by atoms with Gasteiger partial charge in [-0.1, -0.05) is 13.8 Å². The van der Waals surface area contributed by atoms with Gasteiger partial charge in [0.2, 0.25) is 0 Å². The highest BCUT2D eigenvalue weighted by Crippen LogP contribution is 2.22. The van der Waals surface area contributed by atoms with Crippen molar-refractivity contribution < 1.29 is 4.79 Å². The van der Waals surface area contributed by atoms with Crippen LogP contribution < -0.4 is 5.32 Å². The molecule has 2 nitrogen and oxygen atoms in total. The molecule has 1 N–H and O–H groups in total. The van der Waals surface area contributed by atoms with Gasteiger partial charge in [0.25, 0.3) is 0 Å². The zero-order chi connectivity index (χ0) is 7.56. The van der Waals surface area contributed by atoms with Gasteiger partial charge in [-0.2, -0.15) is 0 Å². The first kappa shape index (κ1) is 7.73. The Morgan fingerprint density at radius 3 is 2.60 bits per heavy atom. The Hall–Kier alpha value is -0.370. The second-order valence-corrected chi connectivity index (χ2v) is 3.37. The van der Waals surface area contributed by atoms with Gasteiger partial charge in [0.1, 0.15) is 6.29 Å². The first-order valence-electron chi connectivity index (χ1n) is 3.91. The van der Waals surface area contributed by atoms with E-state index in [4.69, 9.17) is 0 Å². The third-order valence-electron chi connectivity index (χ3n) is 2.34. The lowest BCUT2D eigenvalue weighted by Crippen LogP contribution is -2.19. The summed E-state index contributed by atoms with van der Waals surface area (Å²) in [6, 6.07) is 0. The average molecular weight is 141 g/mol. The summed E-state index contributed by atoms with van der Waals surface area (Å²) in [5, 5.41) is 3.22. The minimum Gasteiger partial charge on any atom is -0.316 e. The van der Waals surface area contributed by atoms with Crippen LogP contribution >= 0.6 is 0 Å². The second kappa shape index (κ2) is 3.15. The lowest BCUT2D eigenvalue weighted by molar-refractivity contribution is -0.111. The Morgan fingerprint density at radius 2 is 2.20 bits per heavy atom. The number of hydrogen-bond donors (Lipinski definition) is 1. The SMILES string of the molecule is CC(C)C1CNCC1C=O. The Kier molecular flexibility index (Phi) is 2.44. The third kappa shape index (κ3) is 1.37. The molecule has 0 aromatic carbocycles. The molecule has 1 heterocycles. The lowest BCUT2D eigenvalue weighted by atomic mass is 9.87. The number of nitrogens with one attached hydrogen (secondary N) is 1. The summed E-state index contributed by atoms with van der Waals surface area (Å²) in [6.07, 6.45) is 1.09. The van der Waals surface area contributed by atoms with E-state index in [0.29, 0.717) is 11.8 Å². The highest BCUT2D eigenvalue weighted by atomic mass is 16.1. The molecule has 0 radical (unpaired) electrons. The van der Waals surface area contributed by atoms with Crippen LogP contribution in [0.1, 0.15) is 13.8 Å². The van der Waals surface area contributed by atoms with Gasteiger partial charge in [0.05, 0.1) is 0 Å². The molecular weight excluding hydrogens is 126 g/mol. The van der Waals surface area contributed by atoms with E-state index >= 15 is 0 Å². The smallest absolute Gasteiger partial charge is 0.124 e. The fraction of sp³-hybridized carbons (Fsp3) is 0.875. The Labute approximate surface area is 62.0 Å². The normalized spacial score (nSPS) is 33.1. The molecule has 1 aliphatic heterocycles. The van der Waals surface area contributed by atoms with E-state index in [1.807, 2.05) is 0 Å². The van der Waals surface area contributed by atoms with Crippen LogP contribution in [0.5, 0.6) is 0 Å². The molecule has 0 bridgehead atoms. The Bertz CT molecular complexity index is 122. The van der Waals surface area contributed by atoms with Crippen LogP contribution in [0.3, 0.4) is 0 Å². The predicted octanol–water partition coefficient (Wildman–Crippen LogP) is 0.677. The second-order valence-electron chi connectivity index (χ2n) is 3.37. The molecule has 1 fully saturated rings. The van der Waals surface area contributed by atoms with E-state index in [0.717, 1.165) is 19.4 Å². The molecule has 0 spiro atoms. The molecule has 0 saturated carbocycles. The molecule has 0 aromatic heterocycles. The average Bonchev–Trinajstić information content (AvgIpc) is 2.33. The van der Waals surface area contributed by atoms with Crippen molar-refractivity contribution in [1.82, 2.24) is 5.32 Å². The fourth-order valence-corrected chi connectivity index (χ4v) is 1.60. The summed E-state index contributed by atoms with van der Waals surface area (Å²) < 4.78 is 0. The summed E-state index contributed by atoms with van der Waals surface area (Å²) in [5.41, 5.74) is 0. The van der Waals surface area contributed by atoms with E-state index < -0.39 is 0 Å². The number of aldehydes is 1. The summed E-state index contributed by atoms with van der Waals surface area (Å²) in [4.78, 5) is 10.5. The van der Waals surface area contributed by atoms with Crippen LogP contribution in [0, 0.1) is 17.8 Å². The summed E-state index contributed by atoms with van der Waals surface area (Å²) in [6.45, 7) is 6.25. The van der Waals surface area contributed by atoms with E-state index in [2.05, 4.69) is 19.2 Å². The van der Waals surface area contributed by atoms with E-state index in [-0.39, 0.29) is 5.92 Å². The first-order valence-corrected chi connectivity index (χ1v) is 3.91. The van der Waals surface area contributed by atoms with Crippen LogP contribution in [0.15, 0.2) is 0 Å². The van der Waals surface area contributed by atoms with Crippen molar-refractivity contribution in [1.29, 1.82) is 0 Å². The minimum atomic E-state index is 0.264. The molecule has 10 heavy (non-hydrogen) atoms. The number of carbonyl (C=O) groups excluding carboxylic acids is 1. The Morgan fingerprint density at radius 1 is 1.50 bits per heavy atom. The van der Waals surface area contributed by atoms with Crippen LogP contribution in [0.2, 0.25) is 0 Å². The van der Waals surface area contributed by atoms with E-state index in [9.17, 15) is 4.79 Å². The quantitative estimate of drug-likeness (QED) is 0.573. The Balaban J connectivity index is 2.49. The molecule has 0 aliphatic carbocycles. The number of hydrogen-bond acceptors (Lipinski definition) is 2. The van der Waals surface area contributed by atoms with Crippen molar-refractivity contribution >= 4 is 6.29 Å². The maximum atomic E-state index is 10.5. The van der Waals surface area contributed by atoms with Crippen molar-refractivity contribution in [3.05, 3.63) is 0 Å². The van der Waals surface area contributed by atoms with Crippen molar-refractivity contribution in [2.75, 3.05) is 13.1 Å². The molecule has 58 valence electrons. The molecule has 0 aromatic rings. The predicted molar refractivity (Wildman–Crippen MR) is 40.8 cm³/mol. The van der Waals surface area contributed by atoms with Crippen molar-refractivity contribution in [3.8, 4) is 0 Å². The topological polar surface area (TPSA) is 29.1 Å². The molecule has 1 rings (SSSR count). The summed E-state index contributed by atoms with van der Waals surface area (Å²) in [7, 11) is 0. The van der Waals surface area contributed by atoms with Gasteiger partial charge >= 0.3 is 0 Å². The minimum absolute atomic E-state index is 0.264. The van der Waals surface area contributed by atoms with Gasteiger partial charge in [-0.3, -0.25) is 0 Å². The first-order chi connectivity index (χ1) is 4.75. The molecule has 2 unspecified atom stereocenters. The van der Waals surface area contributed by atoms with Gasteiger partial charge in [-0.25, -0.2) is 0 Å². The van der Waals surface area contributed by atoms with E-state index in [1.54, 1.807) is 0 Å². The van der Waals surface area contributed by atoms with Gasteiger partial charge in [0.15, 0.2) is 0 Å². The van der Waals surface area contributed by atoms with Gasteiger partial charge in [-0.05, 0) is 18.4 Å². The molecule has 2 atom stereocenters. The highest BCUT2D eigenvalue weighted by molar-refractivity contribution is 5.55. The van der Waals surface area contributed by atoms with Crippen molar-refractivity contribution in [3.63, 3.8) is 0 Å². The number of carbonyl (C=O) groups is 1. The van der Waals surface area contributed by atoms with Crippen LogP contribution in [0.25, 0.3) is 0 Å². The highest BCUT2D eigenvalue weighted by Gasteiger charge is 2.28. The monoisotopic (exact) mass is 141 g/mol. The molecule has 2 heteroatoms. The fourth-order valence-electron chi connectivity index (χ4n) is 1.60. The van der Waals surface area contributed by atoms with Crippen molar-refractivity contribution in [2.45, 2.75) is 13.8 Å². The zero-order valence-corrected chi connectivity index (χ0v) is 6.63. The van der Waals surface area contributed by atoms with Crippen LogP contribution in [0.4, 0.5) is 0 Å². The number of rotatable bonds is 2. The van der Waals surface area contributed by atoms with Gasteiger partial charge < -0.3 is 10.1 Å².